The second kappa shape index (κ2) is 5.02. The van der Waals surface area contributed by atoms with E-state index in [9.17, 15) is 14.4 Å². The number of hydrogen-bond acceptors (Lipinski definition) is 3. The van der Waals surface area contributed by atoms with Gasteiger partial charge in [0.1, 0.15) is 5.88 Å². The lowest BCUT2D eigenvalue weighted by molar-refractivity contribution is -0.115. The Hall–Kier alpha value is -2.11. The van der Waals surface area contributed by atoms with Crippen LogP contribution < -0.4 is 9.74 Å². The number of nitrogens with zero attached hydrogens (tertiary/aromatic N) is 1. The Kier molecular flexibility index (Phi) is 3.31. The molecule has 0 aromatic heterocycles. The fraction of sp³-hybridized carbons (Fsp3) is 0.0714. The van der Waals surface area contributed by atoms with Crippen molar-refractivity contribution >= 4 is 57.6 Å². The topological polar surface area (TPSA) is 66.5 Å². The summed E-state index contributed by atoms with van der Waals surface area (Å²) < 4.78 is 0.867. The summed E-state index contributed by atoms with van der Waals surface area (Å²) in [5, 5.41) is 3.38. The number of alkyl halides is 1. The fourth-order valence-corrected chi connectivity index (χ4v) is 2.74. The predicted octanol–water partition coefficient (Wildman–Crippen LogP) is 2.45. The maximum absolute atomic E-state index is 11.9. The first-order chi connectivity index (χ1) is 10.0. The molecule has 3 rings (SSSR count). The molecule has 5 nitrogen and oxygen atoms in total. The zero-order valence-electron chi connectivity index (χ0n) is 10.5. The van der Waals surface area contributed by atoms with Crippen LogP contribution in [0.25, 0.3) is 10.8 Å². The SMILES string of the molecule is O=C1NC(=O)c2c1cc(N(Cl)C(=O)CCl)c1ccccc21. The van der Waals surface area contributed by atoms with Crippen molar-refractivity contribution in [1.29, 1.82) is 0 Å². The van der Waals surface area contributed by atoms with Crippen LogP contribution in [0.4, 0.5) is 5.69 Å². The Labute approximate surface area is 129 Å². The molecule has 0 aliphatic carbocycles. The van der Waals surface area contributed by atoms with Crippen LogP contribution in [0.5, 0.6) is 0 Å². The van der Waals surface area contributed by atoms with Gasteiger partial charge in [-0.1, -0.05) is 24.3 Å². The summed E-state index contributed by atoms with van der Waals surface area (Å²) in [5.74, 6) is -1.78. The lowest BCUT2D eigenvalue weighted by Gasteiger charge is -2.16. The van der Waals surface area contributed by atoms with Gasteiger partial charge in [0.2, 0.25) is 0 Å². The maximum Gasteiger partial charge on any atom is 0.259 e. The van der Waals surface area contributed by atoms with Crippen molar-refractivity contribution in [2.24, 2.45) is 0 Å². The van der Waals surface area contributed by atoms with Gasteiger partial charge in [0.15, 0.2) is 0 Å². The summed E-state index contributed by atoms with van der Waals surface area (Å²) in [7, 11) is 0. The highest BCUT2D eigenvalue weighted by Crippen LogP contribution is 2.35. The van der Waals surface area contributed by atoms with Gasteiger partial charge in [-0.05, 0) is 11.5 Å². The molecule has 0 saturated carbocycles. The van der Waals surface area contributed by atoms with E-state index in [1.54, 1.807) is 24.3 Å². The smallest absolute Gasteiger partial charge is 0.259 e. The molecule has 2 aromatic carbocycles. The van der Waals surface area contributed by atoms with Gasteiger partial charge in [-0.15, -0.1) is 11.6 Å². The quantitative estimate of drug-likeness (QED) is 0.524. The molecular weight excluding hydrogens is 315 g/mol. The molecule has 1 aliphatic rings. The van der Waals surface area contributed by atoms with E-state index in [0.717, 1.165) is 4.42 Å². The monoisotopic (exact) mass is 322 g/mol. The van der Waals surface area contributed by atoms with Crippen LogP contribution in [0.2, 0.25) is 0 Å². The zero-order valence-corrected chi connectivity index (χ0v) is 12.0. The summed E-state index contributed by atoms with van der Waals surface area (Å²) in [5.41, 5.74) is 0.811. The van der Waals surface area contributed by atoms with Gasteiger partial charge < -0.3 is 0 Å². The van der Waals surface area contributed by atoms with Crippen LogP contribution in [0.1, 0.15) is 20.7 Å². The number of halogens is 2. The highest BCUT2D eigenvalue weighted by Gasteiger charge is 2.31. The molecule has 0 spiro atoms. The lowest BCUT2D eigenvalue weighted by Crippen LogP contribution is -2.22. The zero-order chi connectivity index (χ0) is 15.1. The molecule has 0 atom stereocenters. The van der Waals surface area contributed by atoms with Crippen molar-refractivity contribution in [3.63, 3.8) is 0 Å². The number of imide groups is 1. The summed E-state index contributed by atoms with van der Waals surface area (Å²) >= 11 is 11.5. The van der Waals surface area contributed by atoms with E-state index >= 15 is 0 Å². The molecule has 1 heterocycles. The second-order valence-electron chi connectivity index (χ2n) is 4.46. The number of carbonyl (C=O) groups excluding carboxylic acids is 3. The third-order valence-electron chi connectivity index (χ3n) is 3.27. The van der Waals surface area contributed by atoms with E-state index in [0.29, 0.717) is 22.0 Å². The summed E-state index contributed by atoms with van der Waals surface area (Å²) in [6.07, 6.45) is 0. The van der Waals surface area contributed by atoms with E-state index < -0.39 is 17.7 Å². The summed E-state index contributed by atoms with van der Waals surface area (Å²) in [4.78, 5) is 35.4. The molecule has 1 aliphatic heterocycles. The standard InChI is InChI=1S/C14H8Cl2N2O3/c15-6-11(19)18(16)10-5-9-12(14(21)17-13(9)20)8-4-2-1-3-7(8)10/h1-5H,6H2,(H,17,20,21). The van der Waals surface area contributed by atoms with Gasteiger partial charge >= 0.3 is 0 Å². The first-order valence-corrected chi connectivity index (χ1v) is 6.88. The molecule has 106 valence electrons. The minimum Gasteiger partial charge on any atom is -0.288 e. The lowest BCUT2D eigenvalue weighted by atomic mass is 9.98. The molecule has 2 aromatic rings. The highest BCUT2D eigenvalue weighted by molar-refractivity contribution is 6.43. The number of hydrogen-bond donors (Lipinski definition) is 1. The Bertz CT molecular complexity index is 804. The largest absolute Gasteiger partial charge is 0.288 e. The van der Waals surface area contributed by atoms with Gasteiger partial charge in [-0.3, -0.25) is 19.7 Å². The van der Waals surface area contributed by atoms with Crippen LogP contribution in [0.15, 0.2) is 30.3 Å². The molecule has 1 N–H and O–H groups in total. The maximum atomic E-state index is 11.9. The average molecular weight is 323 g/mol. The number of rotatable bonds is 2. The van der Waals surface area contributed by atoms with Gasteiger partial charge in [0, 0.05) is 17.2 Å². The molecule has 0 saturated heterocycles. The van der Waals surface area contributed by atoms with Crippen LogP contribution in [0.3, 0.4) is 0 Å². The number of anilines is 1. The van der Waals surface area contributed by atoms with E-state index in [2.05, 4.69) is 5.32 Å². The van der Waals surface area contributed by atoms with Crippen molar-refractivity contribution in [3.05, 3.63) is 41.5 Å². The van der Waals surface area contributed by atoms with E-state index in [1.165, 1.54) is 6.07 Å². The van der Waals surface area contributed by atoms with Gasteiger partial charge in [0.25, 0.3) is 17.7 Å². The average Bonchev–Trinajstić information content (AvgIpc) is 2.79. The Morgan fingerprint density at radius 1 is 1.14 bits per heavy atom. The first kappa shape index (κ1) is 13.9. The Balaban J connectivity index is 2.35. The number of amides is 3. The molecule has 0 bridgehead atoms. The van der Waals surface area contributed by atoms with Crippen molar-refractivity contribution in [2.75, 3.05) is 10.3 Å². The normalized spacial score (nSPS) is 13.2. The van der Waals surface area contributed by atoms with Crippen molar-refractivity contribution in [3.8, 4) is 0 Å². The van der Waals surface area contributed by atoms with E-state index in [1.807, 2.05) is 0 Å². The minimum absolute atomic E-state index is 0.196. The van der Waals surface area contributed by atoms with Crippen molar-refractivity contribution in [2.45, 2.75) is 0 Å². The Morgan fingerprint density at radius 2 is 1.81 bits per heavy atom. The van der Waals surface area contributed by atoms with Gasteiger partial charge in [-0.25, -0.2) is 4.42 Å². The predicted molar refractivity (Wildman–Crippen MR) is 79.8 cm³/mol. The second-order valence-corrected chi connectivity index (χ2v) is 5.06. The molecular formula is C14H8Cl2N2O3. The van der Waals surface area contributed by atoms with Gasteiger partial charge in [-0.2, -0.15) is 0 Å². The molecule has 0 unspecified atom stereocenters. The Morgan fingerprint density at radius 3 is 2.48 bits per heavy atom. The number of carbonyl (C=O) groups is 3. The number of benzene rings is 2. The summed E-state index contributed by atoms with van der Waals surface area (Å²) in [6, 6.07) is 8.34. The first-order valence-electron chi connectivity index (χ1n) is 6.00. The van der Waals surface area contributed by atoms with Crippen LogP contribution >= 0.6 is 23.4 Å². The molecule has 3 amide bonds. The summed E-state index contributed by atoms with van der Waals surface area (Å²) in [6.45, 7) is 0. The third-order valence-corrected chi connectivity index (χ3v) is 3.87. The molecule has 0 radical (unpaired) electrons. The van der Waals surface area contributed by atoms with Crippen molar-refractivity contribution in [1.82, 2.24) is 5.32 Å². The number of fused-ring (bicyclic) bond motifs is 3. The van der Waals surface area contributed by atoms with Crippen molar-refractivity contribution < 1.29 is 14.4 Å². The minimum atomic E-state index is -0.520. The third kappa shape index (κ3) is 2.05. The molecule has 21 heavy (non-hydrogen) atoms. The van der Waals surface area contributed by atoms with E-state index in [4.69, 9.17) is 23.4 Å². The number of nitrogens with one attached hydrogen (secondary N) is 1. The molecule has 0 fully saturated rings. The molecule has 7 heteroatoms. The fourth-order valence-electron chi connectivity index (χ4n) is 2.36. The van der Waals surface area contributed by atoms with Gasteiger partial charge in [0.05, 0.1) is 16.8 Å². The van der Waals surface area contributed by atoms with Crippen LogP contribution in [-0.4, -0.2) is 23.6 Å². The highest BCUT2D eigenvalue weighted by atomic mass is 35.5. The van der Waals surface area contributed by atoms with Crippen LogP contribution in [-0.2, 0) is 4.79 Å². The van der Waals surface area contributed by atoms with E-state index in [-0.39, 0.29) is 11.4 Å². The van der Waals surface area contributed by atoms with Crippen LogP contribution in [0, 0.1) is 0 Å².